The van der Waals surface area contributed by atoms with Gasteiger partial charge in [0.15, 0.2) is 0 Å². The summed E-state index contributed by atoms with van der Waals surface area (Å²) in [6.45, 7) is 0. The Bertz CT molecular complexity index is 927. The van der Waals surface area contributed by atoms with Gasteiger partial charge in [-0.15, -0.1) is 0 Å². The molecule has 0 amide bonds. The molecule has 1 heterocycles. The summed E-state index contributed by atoms with van der Waals surface area (Å²) in [4.78, 5) is 8.55. The van der Waals surface area contributed by atoms with Crippen LogP contribution in [0, 0.1) is 11.3 Å². The Morgan fingerprint density at radius 1 is 0.880 bits per heavy atom. The van der Waals surface area contributed by atoms with E-state index < -0.39 is 0 Å². The summed E-state index contributed by atoms with van der Waals surface area (Å²) < 4.78 is 10.6. The number of nitriles is 1. The molecule has 2 N–H and O–H groups in total. The number of rotatable bonds is 4. The van der Waals surface area contributed by atoms with Crippen molar-refractivity contribution in [3.63, 3.8) is 0 Å². The lowest BCUT2D eigenvalue weighted by molar-refractivity contribution is 0.394. The molecule has 0 saturated heterocycles. The molecule has 1 aromatic heterocycles. The largest absolute Gasteiger partial charge is 0.497 e. The van der Waals surface area contributed by atoms with E-state index in [4.69, 9.17) is 15.2 Å². The number of hydrogen-bond acceptors (Lipinski definition) is 6. The predicted molar refractivity (Wildman–Crippen MR) is 95.1 cm³/mol. The molecule has 0 aliphatic rings. The van der Waals surface area contributed by atoms with Crippen LogP contribution in [0.2, 0.25) is 0 Å². The molecule has 0 saturated carbocycles. The smallest absolute Gasteiger partial charge is 0.221 e. The van der Waals surface area contributed by atoms with Gasteiger partial charge in [0, 0.05) is 17.2 Å². The van der Waals surface area contributed by atoms with Crippen molar-refractivity contribution in [2.75, 3.05) is 20.0 Å². The molecule has 0 spiro atoms. The highest BCUT2D eigenvalue weighted by molar-refractivity contribution is 5.79. The number of benzene rings is 2. The second-order valence-electron chi connectivity index (χ2n) is 5.23. The third-order valence-electron chi connectivity index (χ3n) is 3.71. The Hall–Kier alpha value is -3.59. The van der Waals surface area contributed by atoms with Crippen LogP contribution in [0.1, 0.15) is 5.56 Å². The molecule has 3 rings (SSSR count). The quantitative estimate of drug-likeness (QED) is 0.788. The van der Waals surface area contributed by atoms with E-state index in [2.05, 4.69) is 16.0 Å². The molecule has 3 aromatic rings. The Kier molecular flexibility index (Phi) is 4.48. The first-order valence-electron chi connectivity index (χ1n) is 7.52. The first-order chi connectivity index (χ1) is 12.2. The van der Waals surface area contributed by atoms with Crippen LogP contribution < -0.4 is 15.2 Å². The van der Waals surface area contributed by atoms with E-state index in [9.17, 15) is 5.26 Å². The molecule has 6 nitrogen and oxygen atoms in total. The van der Waals surface area contributed by atoms with Crippen molar-refractivity contribution in [3.8, 4) is 40.1 Å². The van der Waals surface area contributed by atoms with Crippen LogP contribution in [0.25, 0.3) is 22.5 Å². The van der Waals surface area contributed by atoms with Crippen LogP contribution >= 0.6 is 0 Å². The molecule has 6 heteroatoms. The molecule has 0 aliphatic carbocycles. The first kappa shape index (κ1) is 16.3. The van der Waals surface area contributed by atoms with Gasteiger partial charge < -0.3 is 15.2 Å². The average molecular weight is 332 g/mol. The normalized spacial score (nSPS) is 10.1. The van der Waals surface area contributed by atoms with E-state index in [1.165, 1.54) is 0 Å². The number of ether oxygens (including phenoxy) is 2. The minimum absolute atomic E-state index is 0.0923. The van der Waals surface area contributed by atoms with E-state index in [-0.39, 0.29) is 5.95 Å². The number of anilines is 1. The first-order valence-corrected chi connectivity index (χ1v) is 7.52. The van der Waals surface area contributed by atoms with Gasteiger partial charge in [-0.3, -0.25) is 0 Å². The van der Waals surface area contributed by atoms with Gasteiger partial charge in [0.2, 0.25) is 5.95 Å². The van der Waals surface area contributed by atoms with E-state index in [0.717, 1.165) is 5.56 Å². The highest BCUT2D eigenvalue weighted by Gasteiger charge is 2.17. The fraction of sp³-hybridized carbons (Fsp3) is 0.105. The lowest BCUT2D eigenvalue weighted by Crippen LogP contribution is -2.03. The van der Waals surface area contributed by atoms with Crippen molar-refractivity contribution in [2.24, 2.45) is 0 Å². The molecular weight excluding hydrogens is 316 g/mol. The van der Waals surface area contributed by atoms with Gasteiger partial charge in [0.25, 0.3) is 0 Å². The van der Waals surface area contributed by atoms with Gasteiger partial charge in [-0.1, -0.05) is 30.3 Å². The lowest BCUT2D eigenvalue weighted by atomic mass is 10.0. The van der Waals surface area contributed by atoms with Crippen molar-refractivity contribution in [1.29, 1.82) is 5.26 Å². The van der Waals surface area contributed by atoms with Crippen LogP contribution in [0.15, 0.2) is 48.5 Å². The number of methoxy groups -OCH3 is 2. The summed E-state index contributed by atoms with van der Waals surface area (Å²) in [6, 6.07) is 16.9. The standard InChI is InChI=1S/C19H16N4O2/c1-24-14-8-13(9-15(10-14)25-2)18-16(11-20)17(22-19(21)23-18)12-6-4-3-5-7-12/h3-10H,1-2H3,(H2,21,22,23). The highest BCUT2D eigenvalue weighted by atomic mass is 16.5. The van der Waals surface area contributed by atoms with Crippen LogP contribution in [-0.4, -0.2) is 24.2 Å². The molecule has 0 radical (unpaired) electrons. The number of nitrogens with zero attached hydrogens (tertiary/aromatic N) is 3. The summed E-state index contributed by atoms with van der Waals surface area (Å²) in [6.07, 6.45) is 0. The van der Waals surface area contributed by atoms with Crippen LogP contribution in [0.5, 0.6) is 11.5 Å². The third kappa shape index (κ3) is 3.21. The van der Waals surface area contributed by atoms with E-state index in [1.807, 2.05) is 30.3 Å². The summed E-state index contributed by atoms with van der Waals surface area (Å²) in [5.74, 6) is 1.28. The summed E-state index contributed by atoms with van der Waals surface area (Å²) in [5, 5.41) is 9.73. The molecule has 124 valence electrons. The predicted octanol–water partition coefficient (Wildman–Crippen LogP) is 3.28. The maximum atomic E-state index is 9.73. The Morgan fingerprint density at radius 3 is 1.96 bits per heavy atom. The van der Waals surface area contributed by atoms with Gasteiger partial charge >= 0.3 is 0 Å². The van der Waals surface area contributed by atoms with Crippen molar-refractivity contribution >= 4 is 5.95 Å². The topological polar surface area (TPSA) is 94.1 Å². The minimum atomic E-state index is 0.0923. The van der Waals surface area contributed by atoms with Gasteiger partial charge in [-0.25, -0.2) is 9.97 Å². The van der Waals surface area contributed by atoms with E-state index in [0.29, 0.717) is 34.0 Å². The molecule has 0 aliphatic heterocycles. The van der Waals surface area contributed by atoms with Crippen molar-refractivity contribution in [3.05, 3.63) is 54.1 Å². The highest BCUT2D eigenvalue weighted by Crippen LogP contribution is 2.34. The van der Waals surface area contributed by atoms with Crippen LogP contribution in [0.4, 0.5) is 5.95 Å². The molecule has 0 atom stereocenters. The lowest BCUT2D eigenvalue weighted by Gasteiger charge is -2.12. The number of aromatic nitrogens is 2. The monoisotopic (exact) mass is 332 g/mol. The number of nitrogens with two attached hydrogens (primary N) is 1. The zero-order chi connectivity index (χ0) is 17.8. The fourth-order valence-corrected chi connectivity index (χ4v) is 2.54. The van der Waals surface area contributed by atoms with Gasteiger partial charge in [-0.05, 0) is 12.1 Å². The molecule has 0 bridgehead atoms. The molecule has 0 unspecified atom stereocenters. The zero-order valence-electron chi connectivity index (χ0n) is 13.9. The fourth-order valence-electron chi connectivity index (χ4n) is 2.54. The van der Waals surface area contributed by atoms with Gasteiger partial charge in [-0.2, -0.15) is 5.26 Å². The van der Waals surface area contributed by atoms with Crippen molar-refractivity contribution in [1.82, 2.24) is 9.97 Å². The second kappa shape index (κ2) is 6.89. The van der Waals surface area contributed by atoms with Gasteiger partial charge in [0.05, 0.1) is 25.6 Å². The Balaban J connectivity index is 2.28. The second-order valence-corrected chi connectivity index (χ2v) is 5.23. The molecular formula is C19H16N4O2. The van der Waals surface area contributed by atoms with E-state index in [1.54, 1.807) is 32.4 Å². The van der Waals surface area contributed by atoms with Gasteiger partial charge in [0.1, 0.15) is 23.1 Å². The van der Waals surface area contributed by atoms with Crippen molar-refractivity contribution in [2.45, 2.75) is 0 Å². The summed E-state index contributed by atoms with van der Waals surface area (Å²) in [5.41, 5.74) is 8.64. The SMILES string of the molecule is COc1cc(OC)cc(-c2nc(N)nc(-c3ccccc3)c2C#N)c1. The molecule has 0 fully saturated rings. The Labute approximate surface area is 145 Å². The summed E-state index contributed by atoms with van der Waals surface area (Å²) in [7, 11) is 3.13. The molecule has 2 aromatic carbocycles. The average Bonchev–Trinajstić information content (AvgIpc) is 2.67. The third-order valence-corrected chi connectivity index (χ3v) is 3.71. The maximum absolute atomic E-state index is 9.73. The maximum Gasteiger partial charge on any atom is 0.221 e. The number of hydrogen-bond donors (Lipinski definition) is 1. The Morgan fingerprint density at radius 2 is 1.44 bits per heavy atom. The van der Waals surface area contributed by atoms with E-state index >= 15 is 0 Å². The zero-order valence-corrected chi connectivity index (χ0v) is 13.9. The summed E-state index contributed by atoms with van der Waals surface area (Å²) >= 11 is 0. The van der Waals surface area contributed by atoms with Crippen LogP contribution in [-0.2, 0) is 0 Å². The molecule has 25 heavy (non-hydrogen) atoms. The van der Waals surface area contributed by atoms with Crippen molar-refractivity contribution < 1.29 is 9.47 Å². The minimum Gasteiger partial charge on any atom is -0.497 e. The number of nitrogen functional groups attached to an aromatic ring is 1. The van der Waals surface area contributed by atoms with Crippen LogP contribution in [0.3, 0.4) is 0 Å².